The van der Waals surface area contributed by atoms with Crippen molar-refractivity contribution in [2.75, 3.05) is 6.54 Å². The first-order valence-electron chi connectivity index (χ1n) is 10.6. The number of carbonyl (C=O) groups is 1. The lowest BCUT2D eigenvalue weighted by atomic mass is 9.82. The number of nitrogens with one attached hydrogen (secondary N) is 2. The number of imidazole rings is 1. The van der Waals surface area contributed by atoms with Gasteiger partial charge in [0, 0.05) is 25.3 Å². The van der Waals surface area contributed by atoms with Crippen LogP contribution in [0.4, 0.5) is 35.1 Å². The number of halogens is 8. The second-order valence-electron chi connectivity index (χ2n) is 8.87. The summed E-state index contributed by atoms with van der Waals surface area (Å²) in [6, 6.07) is 1.32. The van der Waals surface area contributed by atoms with Gasteiger partial charge >= 0.3 is 6.18 Å². The Morgan fingerprint density at radius 2 is 1.85 bits per heavy atom. The molecule has 0 bridgehead atoms. The molecule has 1 aliphatic carbocycles. The summed E-state index contributed by atoms with van der Waals surface area (Å²) in [7, 11) is 0. The first kappa shape index (κ1) is 26.2. The standard InChI is InChI=1S/C21H24F8N4O/c1-19(23,24)9-31-18(34)12(8-21(27,28)29)11-2-3-13-16(14(11)22)33-17(32-13)15(30)10-4-6-20(25,26)7-5-10/h2-3,10,12,15H,4-9,30H2,1H3,(H,31,34)(H,32,33). The highest BCUT2D eigenvalue weighted by Crippen LogP contribution is 2.41. The lowest BCUT2D eigenvalue weighted by Gasteiger charge is -2.31. The van der Waals surface area contributed by atoms with E-state index in [0.717, 1.165) is 6.07 Å². The minimum atomic E-state index is -4.89. The molecule has 1 fully saturated rings. The summed E-state index contributed by atoms with van der Waals surface area (Å²) in [6.45, 7) is -0.744. The number of aromatic nitrogens is 2. The second-order valence-corrected chi connectivity index (χ2v) is 8.87. The predicted octanol–water partition coefficient (Wildman–Crippen LogP) is 5.33. The third-order valence-electron chi connectivity index (χ3n) is 5.93. The predicted molar refractivity (Wildman–Crippen MR) is 107 cm³/mol. The second kappa shape index (κ2) is 9.31. The van der Waals surface area contributed by atoms with Crippen LogP contribution in [-0.2, 0) is 4.79 Å². The molecule has 0 spiro atoms. The summed E-state index contributed by atoms with van der Waals surface area (Å²) >= 11 is 0. The van der Waals surface area contributed by atoms with E-state index < -0.39 is 60.2 Å². The van der Waals surface area contributed by atoms with Crippen LogP contribution in [0.1, 0.15) is 62.4 Å². The molecule has 2 unspecified atom stereocenters. The van der Waals surface area contributed by atoms with Gasteiger partial charge in [-0.3, -0.25) is 4.79 Å². The lowest BCUT2D eigenvalue weighted by Crippen LogP contribution is -2.39. The number of amides is 1. The number of nitrogens with two attached hydrogens (primary N) is 1. The van der Waals surface area contributed by atoms with Crippen molar-refractivity contribution in [3.63, 3.8) is 0 Å². The number of benzene rings is 1. The number of hydrogen-bond acceptors (Lipinski definition) is 3. The SMILES string of the molecule is CC(F)(F)CNC(=O)C(CC(F)(F)F)c1ccc2[nH]c(C(N)C3CCC(F)(F)CC3)nc2c1F. The van der Waals surface area contributed by atoms with Crippen LogP contribution >= 0.6 is 0 Å². The van der Waals surface area contributed by atoms with E-state index in [1.807, 2.05) is 0 Å². The van der Waals surface area contributed by atoms with E-state index in [2.05, 4.69) is 9.97 Å². The van der Waals surface area contributed by atoms with E-state index >= 15 is 4.39 Å². The molecule has 0 aliphatic heterocycles. The lowest BCUT2D eigenvalue weighted by molar-refractivity contribution is -0.148. The topological polar surface area (TPSA) is 83.8 Å². The quantitative estimate of drug-likeness (QED) is 0.449. The van der Waals surface area contributed by atoms with Crippen molar-refractivity contribution in [1.82, 2.24) is 15.3 Å². The van der Waals surface area contributed by atoms with Crippen molar-refractivity contribution in [3.8, 4) is 0 Å². The summed E-state index contributed by atoms with van der Waals surface area (Å²) in [4.78, 5) is 19.1. The number of alkyl halides is 7. The molecular weight excluding hydrogens is 476 g/mol. The van der Waals surface area contributed by atoms with E-state index in [1.165, 1.54) is 6.07 Å². The van der Waals surface area contributed by atoms with Crippen LogP contribution in [-0.4, -0.2) is 40.4 Å². The highest BCUT2D eigenvalue weighted by atomic mass is 19.4. The molecule has 1 aromatic carbocycles. The summed E-state index contributed by atoms with van der Waals surface area (Å²) in [5.74, 6) is -11.2. The number of hydrogen-bond donors (Lipinski definition) is 3. The summed E-state index contributed by atoms with van der Waals surface area (Å²) in [5, 5.41) is 1.73. The highest BCUT2D eigenvalue weighted by Gasteiger charge is 2.40. The van der Waals surface area contributed by atoms with Gasteiger partial charge in [0.15, 0.2) is 5.82 Å². The van der Waals surface area contributed by atoms with E-state index in [1.54, 1.807) is 5.32 Å². The first-order chi connectivity index (χ1) is 15.6. The van der Waals surface area contributed by atoms with Crippen LogP contribution < -0.4 is 11.1 Å². The maximum absolute atomic E-state index is 15.2. The number of rotatable bonds is 7. The van der Waals surface area contributed by atoms with Gasteiger partial charge in [-0.2, -0.15) is 13.2 Å². The average Bonchev–Trinajstić information content (AvgIpc) is 3.14. The van der Waals surface area contributed by atoms with Crippen LogP contribution in [0.5, 0.6) is 0 Å². The van der Waals surface area contributed by atoms with E-state index in [-0.39, 0.29) is 48.5 Å². The van der Waals surface area contributed by atoms with Gasteiger partial charge in [-0.05, 0) is 24.8 Å². The van der Waals surface area contributed by atoms with Crippen LogP contribution in [0.25, 0.3) is 11.0 Å². The molecule has 0 radical (unpaired) electrons. The maximum Gasteiger partial charge on any atom is 0.390 e. The normalized spacial score (nSPS) is 19.2. The fourth-order valence-corrected chi connectivity index (χ4v) is 4.09. The van der Waals surface area contributed by atoms with Gasteiger partial charge in [0.2, 0.25) is 11.8 Å². The van der Waals surface area contributed by atoms with Gasteiger partial charge < -0.3 is 16.0 Å². The van der Waals surface area contributed by atoms with Crippen molar-refractivity contribution in [2.45, 2.75) is 69.0 Å². The Morgan fingerprint density at radius 3 is 2.41 bits per heavy atom. The van der Waals surface area contributed by atoms with Crippen molar-refractivity contribution < 1.29 is 39.9 Å². The van der Waals surface area contributed by atoms with Crippen LogP contribution in [0.15, 0.2) is 12.1 Å². The van der Waals surface area contributed by atoms with Crippen LogP contribution in [0.3, 0.4) is 0 Å². The molecule has 0 saturated heterocycles. The molecule has 4 N–H and O–H groups in total. The third-order valence-corrected chi connectivity index (χ3v) is 5.93. The third kappa shape index (κ3) is 6.36. The number of nitrogens with zero attached hydrogens (tertiary/aromatic N) is 1. The van der Waals surface area contributed by atoms with Gasteiger partial charge in [0.25, 0.3) is 5.92 Å². The number of H-pyrrole nitrogens is 1. The molecule has 190 valence electrons. The molecule has 1 aliphatic rings. The van der Waals surface area contributed by atoms with Crippen molar-refractivity contribution in [2.24, 2.45) is 11.7 Å². The minimum Gasteiger partial charge on any atom is -0.350 e. The van der Waals surface area contributed by atoms with Gasteiger partial charge in [-0.1, -0.05) is 6.07 Å². The van der Waals surface area contributed by atoms with Gasteiger partial charge in [-0.15, -0.1) is 0 Å². The number of carbonyl (C=O) groups excluding carboxylic acids is 1. The molecule has 1 amide bonds. The average molecular weight is 500 g/mol. The van der Waals surface area contributed by atoms with E-state index in [4.69, 9.17) is 5.73 Å². The molecule has 34 heavy (non-hydrogen) atoms. The highest BCUT2D eigenvalue weighted by molar-refractivity contribution is 5.86. The Labute approximate surface area is 189 Å². The smallest absolute Gasteiger partial charge is 0.350 e. The van der Waals surface area contributed by atoms with Crippen LogP contribution in [0, 0.1) is 11.7 Å². The molecular formula is C21H24F8N4O. The zero-order valence-corrected chi connectivity index (χ0v) is 18.1. The van der Waals surface area contributed by atoms with Gasteiger partial charge in [0.1, 0.15) is 11.3 Å². The molecule has 2 aromatic rings. The van der Waals surface area contributed by atoms with Crippen molar-refractivity contribution >= 4 is 16.9 Å². The zero-order valence-electron chi connectivity index (χ0n) is 18.1. The van der Waals surface area contributed by atoms with Crippen LogP contribution in [0.2, 0.25) is 0 Å². The summed E-state index contributed by atoms with van der Waals surface area (Å²) in [6.07, 6.45) is -7.13. The minimum absolute atomic E-state index is 0.0729. The van der Waals surface area contributed by atoms with Gasteiger partial charge in [0.05, 0.1) is 30.4 Å². The van der Waals surface area contributed by atoms with Crippen molar-refractivity contribution in [3.05, 3.63) is 29.3 Å². The van der Waals surface area contributed by atoms with Gasteiger partial charge in [-0.25, -0.2) is 26.9 Å². The molecule has 2 atom stereocenters. The van der Waals surface area contributed by atoms with E-state index in [0.29, 0.717) is 6.92 Å². The molecule has 5 nitrogen and oxygen atoms in total. The molecule has 13 heteroatoms. The molecule has 3 rings (SSSR count). The largest absolute Gasteiger partial charge is 0.390 e. The summed E-state index contributed by atoms with van der Waals surface area (Å²) < 4.78 is 108. The Kier molecular flexibility index (Phi) is 7.16. The Bertz CT molecular complexity index is 1020. The molecule has 1 saturated carbocycles. The fourth-order valence-electron chi connectivity index (χ4n) is 4.09. The Morgan fingerprint density at radius 1 is 1.24 bits per heavy atom. The fraction of sp³-hybridized carbons (Fsp3) is 0.619. The Hall–Kier alpha value is -2.44. The maximum atomic E-state index is 15.2. The molecule has 1 aromatic heterocycles. The first-order valence-corrected chi connectivity index (χ1v) is 10.6. The monoisotopic (exact) mass is 500 g/mol. The molecule has 1 heterocycles. The zero-order chi connectivity index (χ0) is 25.5. The van der Waals surface area contributed by atoms with Crippen molar-refractivity contribution in [1.29, 1.82) is 0 Å². The number of fused-ring (bicyclic) bond motifs is 1. The Balaban J connectivity index is 1.90. The number of aromatic amines is 1. The van der Waals surface area contributed by atoms with E-state index in [9.17, 15) is 35.5 Å². The summed E-state index contributed by atoms with van der Waals surface area (Å²) in [5.41, 5.74) is 5.17.